The Hall–Kier alpha value is -1.03. The molecule has 1 aromatic heterocycles. The summed E-state index contributed by atoms with van der Waals surface area (Å²) in [6.45, 7) is -1.44. The summed E-state index contributed by atoms with van der Waals surface area (Å²) in [4.78, 5) is 50.8. The van der Waals surface area contributed by atoms with E-state index in [1.54, 1.807) is 0 Å². The van der Waals surface area contributed by atoms with Crippen molar-refractivity contribution >= 4 is 29.3 Å². The lowest BCUT2D eigenvalue weighted by Crippen LogP contribution is -2.29. The number of phosphoric acid groups is 3. The van der Waals surface area contributed by atoms with Crippen molar-refractivity contribution in [3.63, 3.8) is 0 Å². The van der Waals surface area contributed by atoms with Crippen LogP contribution in [0.5, 0.6) is 0 Å². The Bertz CT molecular complexity index is 976. The molecule has 8 N–H and O–H groups in total. The number of aromatic nitrogens is 2. The molecule has 0 aliphatic carbocycles. The molecule has 0 amide bonds. The van der Waals surface area contributed by atoms with Crippen molar-refractivity contribution in [2.75, 3.05) is 12.3 Å². The standard InChI is InChI=1S/C10H18N3O14P3/c11-9-5(3-14)2-13(10(16)12-9)8-1-6(15)7(25-8)4-24-29(20,21)27-30(22,23)26-28(17,18)19/h2,6-8,14-15H,1,3-4H2,(H,20,21)(H,22,23)(H2,11,12,16)(H2,17,18,19). The highest BCUT2D eigenvalue weighted by atomic mass is 31.3. The molecule has 0 aromatic carbocycles. The van der Waals surface area contributed by atoms with Crippen LogP contribution in [0, 0.1) is 0 Å². The summed E-state index contributed by atoms with van der Waals surface area (Å²) in [5.41, 5.74) is 4.70. The Balaban J connectivity index is 2.04. The fraction of sp³-hybridized carbons (Fsp3) is 0.600. The second kappa shape index (κ2) is 9.22. The van der Waals surface area contributed by atoms with Crippen LogP contribution < -0.4 is 11.4 Å². The van der Waals surface area contributed by atoms with Gasteiger partial charge in [-0.2, -0.15) is 13.6 Å². The molecule has 2 heterocycles. The molecule has 20 heteroatoms. The lowest BCUT2D eigenvalue weighted by molar-refractivity contribution is -0.0450. The van der Waals surface area contributed by atoms with Gasteiger partial charge in [0, 0.05) is 18.2 Å². The molecule has 0 radical (unpaired) electrons. The molecule has 1 saturated heterocycles. The molecule has 2 rings (SSSR count). The van der Waals surface area contributed by atoms with Crippen LogP contribution >= 0.6 is 23.5 Å². The summed E-state index contributed by atoms with van der Waals surface area (Å²) in [5, 5.41) is 19.2. The van der Waals surface area contributed by atoms with Crippen molar-refractivity contribution in [2.24, 2.45) is 0 Å². The minimum Gasteiger partial charge on any atom is -0.391 e. The summed E-state index contributed by atoms with van der Waals surface area (Å²) >= 11 is 0. The van der Waals surface area contributed by atoms with Crippen LogP contribution in [0.1, 0.15) is 18.2 Å². The molecule has 0 bridgehead atoms. The fourth-order valence-corrected chi connectivity index (χ4v) is 5.39. The van der Waals surface area contributed by atoms with Gasteiger partial charge in [-0.3, -0.25) is 9.09 Å². The quantitative estimate of drug-likeness (QED) is 0.187. The van der Waals surface area contributed by atoms with E-state index in [4.69, 9.17) is 25.2 Å². The van der Waals surface area contributed by atoms with Crippen molar-refractivity contribution in [1.82, 2.24) is 9.55 Å². The molecule has 1 aliphatic rings. The predicted molar refractivity (Wildman–Crippen MR) is 93.2 cm³/mol. The van der Waals surface area contributed by atoms with Gasteiger partial charge in [-0.15, -0.1) is 0 Å². The Morgan fingerprint density at radius 1 is 1.20 bits per heavy atom. The van der Waals surface area contributed by atoms with Gasteiger partial charge in [0.05, 0.1) is 19.3 Å². The van der Waals surface area contributed by atoms with Crippen LogP contribution in [0.3, 0.4) is 0 Å². The molecule has 1 aliphatic heterocycles. The minimum atomic E-state index is -5.69. The van der Waals surface area contributed by atoms with Crippen molar-refractivity contribution in [1.29, 1.82) is 0 Å². The van der Waals surface area contributed by atoms with Gasteiger partial charge in [0.1, 0.15) is 18.1 Å². The number of hydrogen-bond donors (Lipinski definition) is 7. The van der Waals surface area contributed by atoms with E-state index < -0.39 is 60.8 Å². The van der Waals surface area contributed by atoms with Gasteiger partial charge in [-0.1, -0.05) is 0 Å². The second-order valence-corrected chi connectivity index (χ2v) is 10.2. The van der Waals surface area contributed by atoms with Crippen LogP contribution in [0.15, 0.2) is 11.0 Å². The van der Waals surface area contributed by atoms with E-state index in [0.29, 0.717) is 0 Å². The van der Waals surface area contributed by atoms with Gasteiger partial charge in [-0.05, 0) is 0 Å². The first-order valence-corrected chi connectivity index (χ1v) is 12.2. The predicted octanol–water partition coefficient (Wildman–Crippen LogP) is -1.69. The average Bonchev–Trinajstić information content (AvgIpc) is 2.90. The first kappa shape index (κ1) is 25.2. The van der Waals surface area contributed by atoms with Gasteiger partial charge >= 0.3 is 29.2 Å². The third kappa shape index (κ3) is 7.00. The summed E-state index contributed by atoms with van der Waals surface area (Å²) in [6.07, 6.45) is -2.86. The van der Waals surface area contributed by atoms with Crippen molar-refractivity contribution in [3.05, 3.63) is 22.2 Å². The summed E-state index contributed by atoms with van der Waals surface area (Å²) in [7, 11) is -16.6. The maximum absolute atomic E-state index is 12.0. The fourth-order valence-electron chi connectivity index (χ4n) is 2.36. The van der Waals surface area contributed by atoms with Crippen LogP contribution in [0.25, 0.3) is 0 Å². The normalized spacial score (nSPS) is 26.3. The largest absolute Gasteiger partial charge is 0.490 e. The second-order valence-electron chi connectivity index (χ2n) is 5.82. The van der Waals surface area contributed by atoms with E-state index in [2.05, 4.69) is 18.1 Å². The molecule has 1 fully saturated rings. The van der Waals surface area contributed by atoms with E-state index in [-0.39, 0.29) is 17.8 Å². The van der Waals surface area contributed by atoms with Crippen molar-refractivity contribution < 1.29 is 61.4 Å². The zero-order chi connectivity index (χ0) is 22.9. The topological polar surface area (TPSA) is 270 Å². The Morgan fingerprint density at radius 2 is 1.83 bits per heavy atom. The molecular weight excluding hydrogens is 479 g/mol. The third-order valence-corrected chi connectivity index (χ3v) is 7.37. The molecule has 1 aromatic rings. The van der Waals surface area contributed by atoms with Crippen LogP contribution in [-0.2, 0) is 38.2 Å². The van der Waals surface area contributed by atoms with Crippen molar-refractivity contribution in [2.45, 2.75) is 31.5 Å². The number of anilines is 1. The van der Waals surface area contributed by atoms with E-state index in [1.807, 2.05) is 0 Å². The number of phosphoric ester groups is 1. The lowest BCUT2D eigenvalue weighted by atomic mass is 10.2. The highest BCUT2D eigenvalue weighted by Crippen LogP contribution is 2.66. The Morgan fingerprint density at radius 3 is 2.40 bits per heavy atom. The Kier molecular flexibility index (Phi) is 7.76. The maximum Gasteiger partial charge on any atom is 0.490 e. The number of aliphatic hydroxyl groups is 2. The van der Waals surface area contributed by atoms with E-state index in [0.717, 1.165) is 10.8 Å². The summed E-state index contributed by atoms with van der Waals surface area (Å²) in [6, 6.07) is 0. The van der Waals surface area contributed by atoms with E-state index in [9.17, 15) is 33.6 Å². The molecule has 5 unspecified atom stereocenters. The van der Waals surface area contributed by atoms with E-state index in [1.165, 1.54) is 0 Å². The van der Waals surface area contributed by atoms with Gasteiger partial charge in [0.2, 0.25) is 0 Å². The van der Waals surface area contributed by atoms with Gasteiger partial charge < -0.3 is 40.3 Å². The van der Waals surface area contributed by atoms with Crippen LogP contribution in [-0.4, -0.2) is 58.2 Å². The Labute approximate surface area is 167 Å². The zero-order valence-electron chi connectivity index (χ0n) is 14.7. The number of ether oxygens (including phenoxy) is 1. The third-order valence-electron chi connectivity index (χ3n) is 3.56. The van der Waals surface area contributed by atoms with Crippen molar-refractivity contribution in [3.8, 4) is 0 Å². The zero-order valence-corrected chi connectivity index (χ0v) is 17.4. The molecule has 172 valence electrons. The van der Waals surface area contributed by atoms with E-state index >= 15 is 0 Å². The lowest BCUT2D eigenvalue weighted by Gasteiger charge is -2.19. The van der Waals surface area contributed by atoms with Crippen LogP contribution in [0.4, 0.5) is 5.82 Å². The first-order valence-electron chi connectivity index (χ1n) is 7.73. The first-order chi connectivity index (χ1) is 13.6. The molecule has 5 atom stereocenters. The highest BCUT2D eigenvalue weighted by molar-refractivity contribution is 7.66. The number of aliphatic hydroxyl groups excluding tert-OH is 2. The molecule has 30 heavy (non-hydrogen) atoms. The highest BCUT2D eigenvalue weighted by Gasteiger charge is 2.43. The monoisotopic (exact) mass is 497 g/mol. The molecule has 17 nitrogen and oxygen atoms in total. The minimum absolute atomic E-state index is 0.101. The van der Waals surface area contributed by atoms with Gasteiger partial charge in [0.15, 0.2) is 0 Å². The summed E-state index contributed by atoms with van der Waals surface area (Å²) in [5.74, 6) is -0.207. The van der Waals surface area contributed by atoms with Gasteiger partial charge in [-0.25, -0.2) is 18.5 Å². The average molecular weight is 497 g/mol. The molecular formula is C10H18N3O14P3. The smallest absolute Gasteiger partial charge is 0.391 e. The van der Waals surface area contributed by atoms with Gasteiger partial charge in [0.25, 0.3) is 0 Å². The SMILES string of the molecule is Nc1nc(=O)n(C2CC(O)C(COP(=O)(O)OP(=O)(O)OP(=O)(O)O)O2)cc1CO. The summed E-state index contributed by atoms with van der Waals surface area (Å²) < 4.78 is 51.3. The molecule has 0 saturated carbocycles. The number of nitrogen functional groups attached to an aromatic ring is 1. The maximum atomic E-state index is 12.0. The number of nitrogens with zero attached hydrogens (tertiary/aromatic N) is 2. The molecule has 0 spiro atoms. The van der Waals surface area contributed by atoms with Crippen LogP contribution in [0.2, 0.25) is 0 Å². The number of hydrogen-bond acceptors (Lipinski definition) is 12. The number of nitrogens with two attached hydrogens (primary N) is 1. The number of rotatable bonds is 9.